The number of likely N-dealkylation sites (tertiary alicyclic amines) is 1. The highest BCUT2D eigenvalue weighted by Crippen LogP contribution is 2.26. The van der Waals surface area contributed by atoms with E-state index in [0.717, 1.165) is 18.6 Å². The number of amides is 1. The molecule has 1 aliphatic rings. The van der Waals surface area contributed by atoms with Gasteiger partial charge in [-0.2, -0.15) is 0 Å². The second-order valence-electron chi connectivity index (χ2n) is 6.12. The molecule has 1 fully saturated rings. The Morgan fingerprint density at radius 3 is 2.38 bits per heavy atom. The van der Waals surface area contributed by atoms with Crippen LogP contribution in [0.5, 0.6) is 17.2 Å². The van der Waals surface area contributed by atoms with Gasteiger partial charge < -0.3 is 19.8 Å². The van der Waals surface area contributed by atoms with Crippen molar-refractivity contribution in [1.29, 1.82) is 0 Å². The van der Waals surface area contributed by atoms with Gasteiger partial charge in [-0.3, -0.25) is 4.79 Å². The number of carbonyl (C=O) groups excluding carboxylic acids is 1. The first-order valence-electron chi connectivity index (χ1n) is 8.07. The van der Waals surface area contributed by atoms with Gasteiger partial charge in [0.05, 0.1) is 5.56 Å². The summed E-state index contributed by atoms with van der Waals surface area (Å²) in [5.74, 6) is 0.370. The van der Waals surface area contributed by atoms with Crippen LogP contribution in [-0.2, 0) is 0 Å². The Morgan fingerprint density at radius 2 is 1.75 bits per heavy atom. The number of benzene rings is 2. The molecule has 126 valence electrons. The van der Waals surface area contributed by atoms with E-state index in [1.54, 1.807) is 4.90 Å². The Labute approximate surface area is 141 Å². The van der Waals surface area contributed by atoms with Gasteiger partial charge in [0.25, 0.3) is 5.91 Å². The fraction of sp³-hybridized carbons (Fsp3) is 0.316. The van der Waals surface area contributed by atoms with Gasteiger partial charge in [-0.05, 0) is 31.2 Å². The molecule has 5 nitrogen and oxygen atoms in total. The minimum Gasteiger partial charge on any atom is -0.508 e. The fourth-order valence-corrected chi connectivity index (χ4v) is 2.86. The fourth-order valence-electron chi connectivity index (χ4n) is 2.86. The van der Waals surface area contributed by atoms with E-state index in [0.29, 0.717) is 13.1 Å². The van der Waals surface area contributed by atoms with Crippen molar-refractivity contribution < 1.29 is 19.7 Å². The van der Waals surface area contributed by atoms with Crippen molar-refractivity contribution in [2.75, 3.05) is 13.1 Å². The molecule has 0 aromatic heterocycles. The Kier molecular flexibility index (Phi) is 4.60. The third-order valence-electron chi connectivity index (χ3n) is 4.26. The molecule has 1 aliphatic heterocycles. The SMILES string of the molecule is Cc1ccc(OC2CCN(C(=O)c3ccc(O)cc3O)CC2)cc1. The zero-order chi connectivity index (χ0) is 17.1. The zero-order valence-corrected chi connectivity index (χ0v) is 13.6. The average Bonchev–Trinajstić information content (AvgIpc) is 2.57. The predicted molar refractivity (Wildman–Crippen MR) is 90.5 cm³/mol. The molecule has 5 heteroatoms. The van der Waals surface area contributed by atoms with Gasteiger partial charge in [0.15, 0.2) is 0 Å². The van der Waals surface area contributed by atoms with Crippen LogP contribution < -0.4 is 4.74 Å². The predicted octanol–water partition coefficient (Wildman–Crippen LogP) is 3.09. The molecule has 3 rings (SSSR count). The summed E-state index contributed by atoms with van der Waals surface area (Å²) in [7, 11) is 0. The van der Waals surface area contributed by atoms with Crippen LogP contribution in [0.2, 0.25) is 0 Å². The first-order valence-corrected chi connectivity index (χ1v) is 8.07. The quantitative estimate of drug-likeness (QED) is 0.909. The van der Waals surface area contributed by atoms with Crippen molar-refractivity contribution in [2.24, 2.45) is 0 Å². The van der Waals surface area contributed by atoms with Gasteiger partial charge in [-0.1, -0.05) is 17.7 Å². The first-order chi connectivity index (χ1) is 11.5. The largest absolute Gasteiger partial charge is 0.508 e. The summed E-state index contributed by atoms with van der Waals surface area (Å²) in [6.07, 6.45) is 1.59. The topological polar surface area (TPSA) is 70.0 Å². The van der Waals surface area contributed by atoms with Crippen LogP contribution >= 0.6 is 0 Å². The molecule has 2 aromatic carbocycles. The van der Waals surface area contributed by atoms with Crippen LogP contribution in [0.4, 0.5) is 0 Å². The minimum absolute atomic E-state index is 0.0609. The van der Waals surface area contributed by atoms with Crippen molar-refractivity contribution in [3.63, 3.8) is 0 Å². The van der Waals surface area contributed by atoms with Gasteiger partial charge >= 0.3 is 0 Å². The molecule has 1 saturated heterocycles. The van der Waals surface area contributed by atoms with Crippen LogP contribution in [0.1, 0.15) is 28.8 Å². The van der Waals surface area contributed by atoms with E-state index in [4.69, 9.17) is 4.74 Å². The van der Waals surface area contributed by atoms with E-state index in [1.807, 2.05) is 31.2 Å². The summed E-state index contributed by atoms with van der Waals surface area (Å²) < 4.78 is 5.96. The lowest BCUT2D eigenvalue weighted by Crippen LogP contribution is -2.41. The van der Waals surface area contributed by atoms with E-state index < -0.39 is 0 Å². The van der Waals surface area contributed by atoms with Crippen LogP contribution in [0.3, 0.4) is 0 Å². The molecule has 2 N–H and O–H groups in total. The highest BCUT2D eigenvalue weighted by molar-refractivity contribution is 5.97. The molecule has 0 saturated carbocycles. The molecule has 0 atom stereocenters. The average molecular weight is 327 g/mol. The lowest BCUT2D eigenvalue weighted by atomic mass is 10.1. The monoisotopic (exact) mass is 327 g/mol. The number of carbonyl (C=O) groups is 1. The molecule has 0 unspecified atom stereocenters. The zero-order valence-electron chi connectivity index (χ0n) is 13.6. The van der Waals surface area contributed by atoms with Gasteiger partial charge in [-0.15, -0.1) is 0 Å². The van der Waals surface area contributed by atoms with Crippen LogP contribution in [0.15, 0.2) is 42.5 Å². The number of rotatable bonds is 3. The van der Waals surface area contributed by atoms with Gasteiger partial charge in [0.2, 0.25) is 0 Å². The highest BCUT2D eigenvalue weighted by atomic mass is 16.5. The molecule has 2 aromatic rings. The van der Waals surface area contributed by atoms with Crippen molar-refractivity contribution >= 4 is 5.91 Å². The minimum atomic E-state index is -0.221. The van der Waals surface area contributed by atoms with E-state index in [9.17, 15) is 15.0 Å². The van der Waals surface area contributed by atoms with Crippen molar-refractivity contribution in [1.82, 2.24) is 4.90 Å². The van der Waals surface area contributed by atoms with Crippen LogP contribution in [0.25, 0.3) is 0 Å². The van der Waals surface area contributed by atoms with E-state index in [2.05, 4.69) is 0 Å². The van der Waals surface area contributed by atoms with Crippen molar-refractivity contribution in [2.45, 2.75) is 25.9 Å². The Hall–Kier alpha value is -2.69. The number of ether oxygens (including phenoxy) is 1. The van der Waals surface area contributed by atoms with Gasteiger partial charge in [0.1, 0.15) is 23.4 Å². The molecular weight excluding hydrogens is 306 g/mol. The van der Waals surface area contributed by atoms with Crippen LogP contribution in [0, 0.1) is 6.92 Å². The molecule has 24 heavy (non-hydrogen) atoms. The first kappa shape index (κ1) is 16.2. The molecule has 1 amide bonds. The van der Waals surface area contributed by atoms with E-state index in [1.165, 1.54) is 23.8 Å². The summed E-state index contributed by atoms with van der Waals surface area (Å²) in [6.45, 7) is 3.19. The van der Waals surface area contributed by atoms with Gasteiger partial charge in [-0.25, -0.2) is 0 Å². The Bertz CT molecular complexity index is 719. The van der Waals surface area contributed by atoms with E-state index in [-0.39, 0.29) is 29.1 Å². The number of nitrogens with zero attached hydrogens (tertiary/aromatic N) is 1. The Balaban J connectivity index is 1.58. The second-order valence-corrected chi connectivity index (χ2v) is 6.12. The maximum atomic E-state index is 12.5. The summed E-state index contributed by atoms with van der Waals surface area (Å²) in [6, 6.07) is 12.0. The molecular formula is C19H21NO4. The number of hydrogen-bond acceptors (Lipinski definition) is 4. The summed E-state index contributed by atoms with van der Waals surface area (Å²) in [4.78, 5) is 14.2. The Morgan fingerprint density at radius 1 is 1.08 bits per heavy atom. The maximum Gasteiger partial charge on any atom is 0.257 e. The maximum absolute atomic E-state index is 12.5. The standard InChI is InChI=1S/C19H21NO4/c1-13-2-5-15(6-3-13)24-16-8-10-20(11-9-16)19(23)17-7-4-14(21)12-18(17)22/h2-7,12,16,21-22H,8-11H2,1H3. The van der Waals surface area contributed by atoms with Gasteiger partial charge in [0, 0.05) is 32.0 Å². The number of hydrogen-bond donors (Lipinski definition) is 2. The summed E-state index contributed by atoms with van der Waals surface area (Å²) in [5, 5.41) is 19.1. The lowest BCUT2D eigenvalue weighted by Gasteiger charge is -2.32. The number of phenols is 2. The lowest BCUT2D eigenvalue weighted by molar-refractivity contribution is 0.0593. The molecule has 0 bridgehead atoms. The molecule has 1 heterocycles. The molecule has 0 spiro atoms. The normalized spacial score (nSPS) is 15.3. The third-order valence-corrected chi connectivity index (χ3v) is 4.26. The third kappa shape index (κ3) is 3.62. The van der Waals surface area contributed by atoms with Crippen molar-refractivity contribution in [3.8, 4) is 17.2 Å². The number of aryl methyl sites for hydroxylation is 1. The van der Waals surface area contributed by atoms with Crippen LogP contribution in [-0.4, -0.2) is 40.2 Å². The van der Waals surface area contributed by atoms with Crippen molar-refractivity contribution in [3.05, 3.63) is 53.6 Å². The second kappa shape index (κ2) is 6.83. The summed E-state index contributed by atoms with van der Waals surface area (Å²) >= 11 is 0. The summed E-state index contributed by atoms with van der Waals surface area (Å²) in [5.41, 5.74) is 1.40. The highest BCUT2D eigenvalue weighted by Gasteiger charge is 2.26. The number of phenolic OH excluding ortho intramolecular Hbond substituents is 2. The smallest absolute Gasteiger partial charge is 0.257 e. The molecule has 0 aliphatic carbocycles. The molecule has 0 radical (unpaired) electrons. The van der Waals surface area contributed by atoms with E-state index >= 15 is 0 Å². The number of piperidine rings is 1. The number of aromatic hydroxyl groups is 2.